The molecule has 134 valence electrons. The van der Waals surface area contributed by atoms with Crippen LogP contribution in [-0.4, -0.2) is 54.5 Å². The zero-order valence-electron chi connectivity index (χ0n) is 13.2. The Morgan fingerprint density at radius 3 is 2.50 bits per heavy atom. The Morgan fingerprint density at radius 1 is 1.15 bits per heavy atom. The zero-order chi connectivity index (χ0) is 18.4. The molecule has 2 aromatic carbocycles. The summed E-state index contributed by atoms with van der Waals surface area (Å²) in [5.74, 6) is -0.488. The van der Waals surface area contributed by atoms with Gasteiger partial charge >= 0.3 is 24.8 Å². The van der Waals surface area contributed by atoms with E-state index in [1.54, 1.807) is 17.8 Å². The van der Waals surface area contributed by atoms with Gasteiger partial charge in [-0.25, -0.2) is 4.79 Å². The van der Waals surface area contributed by atoms with Crippen LogP contribution in [0.5, 0.6) is 5.75 Å². The predicted octanol–water partition coefficient (Wildman–Crippen LogP) is 4.04. The van der Waals surface area contributed by atoms with Crippen LogP contribution in [-0.2, 0) is 0 Å². The molecular formula is C17H16Cl2LiNO4S. The van der Waals surface area contributed by atoms with Crippen molar-refractivity contribution in [2.24, 2.45) is 0 Å². The van der Waals surface area contributed by atoms with Crippen molar-refractivity contribution in [1.82, 2.24) is 0 Å². The minimum atomic E-state index is -1.17. The molecule has 0 radical (unpaired) electrons. The van der Waals surface area contributed by atoms with Gasteiger partial charge in [-0.05, 0) is 42.7 Å². The Bertz CT molecular complexity index is 804. The van der Waals surface area contributed by atoms with Crippen LogP contribution < -0.4 is 10.1 Å². The zero-order valence-corrected chi connectivity index (χ0v) is 15.5. The molecule has 0 saturated carbocycles. The van der Waals surface area contributed by atoms with E-state index in [2.05, 4.69) is 5.32 Å². The third-order valence-electron chi connectivity index (χ3n) is 3.20. The number of thioether (sulfide) groups is 1. The molecule has 1 amide bonds. The van der Waals surface area contributed by atoms with Crippen molar-refractivity contribution in [2.45, 2.75) is 0 Å². The normalized spacial score (nSPS) is 9.96. The molecule has 0 aliphatic carbocycles. The number of nitrogens with one attached hydrogen (secondary N) is 1. The number of carbonyl (C=O) groups is 2. The van der Waals surface area contributed by atoms with Crippen LogP contribution in [0.4, 0.5) is 5.69 Å². The van der Waals surface area contributed by atoms with Crippen molar-refractivity contribution >= 4 is 71.4 Å². The first-order valence-electron chi connectivity index (χ1n) is 7.18. The summed E-state index contributed by atoms with van der Waals surface area (Å²) in [4.78, 5) is 23.8. The summed E-state index contributed by atoms with van der Waals surface area (Å²) in [5.41, 5.74) is 0.281. The molecule has 2 N–H and O–H groups in total. The van der Waals surface area contributed by atoms with Gasteiger partial charge < -0.3 is 15.2 Å². The Labute approximate surface area is 177 Å². The Morgan fingerprint density at radius 2 is 1.88 bits per heavy atom. The van der Waals surface area contributed by atoms with E-state index in [0.29, 0.717) is 17.4 Å². The number of carboxylic acids is 1. The van der Waals surface area contributed by atoms with Gasteiger partial charge in [-0.2, -0.15) is 11.8 Å². The molecule has 2 aromatic rings. The first-order chi connectivity index (χ1) is 11.9. The van der Waals surface area contributed by atoms with Crippen molar-refractivity contribution < 1.29 is 19.4 Å². The fraction of sp³-hybridized carbons (Fsp3) is 0.176. The second-order valence-corrected chi connectivity index (χ2v) is 6.76. The summed E-state index contributed by atoms with van der Waals surface area (Å²) >= 11 is 13.4. The molecule has 5 nitrogen and oxygen atoms in total. The fourth-order valence-electron chi connectivity index (χ4n) is 2.01. The number of hydrogen-bond acceptors (Lipinski definition) is 4. The Hall–Kier alpha value is -1.29. The summed E-state index contributed by atoms with van der Waals surface area (Å²) in [6.45, 7) is 0.465. The van der Waals surface area contributed by atoms with Crippen LogP contribution in [0, 0.1) is 0 Å². The predicted molar refractivity (Wildman–Crippen MR) is 109 cm³/mol. The molecule has 0 unspecified atom stereocenters. The van der Waals surface area contributed by atoms with E-state index in [0.717, 1.165) is 5.75 Å². The molecule has 0 aliphatic rings. The van der Waals surface area contributed by atoms with E-state index in [-0.39, 0.29) is 40.7 Å². The van der Waals surface area contributed by atoms with E-state index < -0.39 is 11.9 Å². The van der Waals surface area contributed by atoms with Gasteiger partial charge in [0.15, 0.2) is 0 Å². The first-order valence-corrected chi connectivity index (χ1v) is 9.33. The van der Waals surface area contributed by atoms with Crippen molar-refractivity contribution in [3.63, 3.8) is 0 Å². The van der Waals surface area contributed by atoms with Gasteiger partial charge in [-0.15, -0.1) is 0 Å². The molecule has 0 atom stereocenters. The van der Waals surface area contributed by atoms with Gasteiger partial charge in [0.1, 0.15) is 5.75 Å². The van der Waals surface area contributed by atoms with Crippen LogP contribution in [0.15, 0.2) is 36.4 Å². The second kappa shape index (κ2) is 10.8. The summed E-state index contributed by atoms with van der Waals surface area (Å²) < 4.78 is 5.48. The first kappa shape index (κ1) is 22.7. The van der Waals surface area contributed by atoms with Crippen LogP contribution >= 0.6 is 35.0 Å². The molecule has 26 heavy (non-hydrogen) atoms. The van der Waals surface area contributed by atoms with Crippen LogP contribution in [0.25, 0.3) is 0 Å². The average Bonchev–Trinajstić information content (AvgIpc) is 2.56. The van der Waals surface area contributed by atoms with Crippen molar-refractivity contribution in [3.8, 4) is 5.75 Å². The number of anilines is 1. The minimum absolute atomic E-state index is 0. The molecule has 9 heteroatoms. The molecule has 0 aromatic heterocycles. The topological polar surface area (TPSA) is 75.6 Å². The summed E-state index contributed by atoms with van der Waals surface area (Å²) in [6.07, 6.45) is 1.95. The van der Waals surface area contributed by atoms with E-state index >= 15 is 0 Å². The maximum atomic E-state index is 12.4. The summed E-state index contributed by atoms with van der Waals surface area (Å²) in [5, 5.41) is 12.5. The number of amides is 1. The van der Waals surface area contributed by atoms with Crippen molar-refractivity contribution in [3.05, 3.63) is 57.6 Å². The van der Waals surface area contributed by atoms with Crippen molar-refractivity contribution in [1.29, 1.82) is 0 Å². The number of ether oxygens (including phenoxy) is 1. The van der Waals surface area contributed by atoms with E-state index in [9.17, 15) is 14.7 Å². The van der Waals surface area contributed by atoms with Gasteiger partial charge in [0, 0.05) is 10.8 Å². The number of carbonyl (C=O) groups excluding carboxylic acids is 1. The molecule has 0 aliphatic heterocycles. The Balaban J connectivity index is 0.00000338. The Kier molecular flexibility index (Phi) is 9.41. The quantitative estimate of drug-likeness (QED) is 0.535. The molecular weight excluding hydrogens is 392 g/mol. The van der Waals surface area contributed by atoms with Gasteiger partial charge in [-0.3, -0.25) is 4.79 Å². The van der Waals surface area contributed by atoms with Gasteiger partial charge in [0.05, 0.1) is 28.4 Å². The fourth-order valence-corrected chi connectivity index (χ4v) is 2.75. The molecule has 0 saturated heterocycles. The SMILES string of the molecule is CSCCOc1ccc(NC(=O)c2ccc(Cl)cc2Cl)c(C(=O)O)c1.[LiH]. The second-order valence-electron chi connectivity index (χ2n) is 4.93. The molecule has 2 rings (SSSR count). The third kappa shape index (κ3) is 6.15. The van der Waals surface area contributed by atoms with E-state index in [1.807, 2.05) is 6.26 Å². The number of carboxylic acid groups (broad SMARTS) is 1. The van der Waals surface area contributed by atoms with Gasteiger partial charge in [0.2, 0.25) is 0 Å². The van der Waals surface area contributed by atoms with Crippen LogP contribution in [0.1, 0.15) is 20.7 Å². The molecule has 0 bridgehead atoms. The molecule has 0 heterocycles. The van der Waals surface area contributed by atoms with Crippen LogP contribution in [0.2, 0.25) is 10.0 Å². The molecule has 0 spiro atoms. The maximum absolute atomic E-state index is 12.4. The van der Waals surface area contributed by atoms with Gasteiger partial charge in [-0.1, -0.05) is 23.2 Å². The van der Waals surface area contributed by atoms with Crippen molar-refractivity contribution in [2.75, 3.05) is 23.9 Å². The monoisotopic (exact) mass is 407 g/mol. The number of benzene rings is 2. The molecule has 0 fully saturated rings. The number of aromatic carboxylic acids is 1. The number of rotatable bonds is 7. The standard InChI is InChI=1S/C17H15Cl2NO4S.Li.H/c1-25-7-6-24-11-3-5-15(13(9-11)17(22)23)20-16(21)12-4-2-10(18)8-14(12)19;;/h2-5,8-9H,6-7H2,1H3,(H,20,21)(H,22,23);;. The third-order valence-corrected chi connectivity index (χ3v) is 4.32. The van der Waals surface area contributed by atoms with E-state index in [1.165, 1.54) is 30.3 Å². The van der Waals surface area contributed by atoms with E-state index in [4.69, 9.17) is 27.9 Å². The number of halogens is 2. The van der Waals surface area contributed by atoms with Crippen LogP contribution in [0.3, 0.4) is 0 Å². The average molecular weight is 408 g/mol. The summed E-state index contributed by atoms with van der Waals surface area (Å²) in [7, 11) is 0. The van der Waals surface area contributed by atoms with Gasteiger partial charge in [0.25, 0.3) is 5.91 Å². The summed E-state index contributed by atoms with van der Waals surface area (Å²) in [6, 6.07) is 8.91. The number of hydrogen-bond donors (Lipinski definition) is 2.